The van der Waals surface area contributed by atoms with E-state index in [0.29, 0.717) is 22.9 Å². The zero-order valence-corrected chi connectivity index (χ0v) is 28.4. The van der Waals surface area contributed by atoms with E-state index >= 15 is 0 Å². The van der Waals surface area contributed by atoms with Crippen LogP contribution in [0.4, 0.5) is 0 Å². The van der Waals surface area contributed by atoms with Crippen molar-refractivity contribution in [3.8, 4) is 0 Å². The van der Waals surface area contributed by atoms with Gasteiger partial charge in [0, 0.05) is 18.5 Å². The Hall–Kier alpha value is 0.710. The minimum absolute atomic E-state index is 0. The molecule has 1 unspecified atom stereocenters. The summed E-state index contributed by atoms with van der Waals surface area (Å²) in [6, 6.07) is 0.764. The van der Waals surface area contributed by atoms with E-state index in [1.807, 2.05) is 0 Å². The molecule has 12 atom stereocenters. The quantitative estimate of drug-likeness (QED) is 0.254. The van der Waals surface area contributed by atoms with Gasteiger partial charge in [0.1, 0.15) is 5.72 Å². The van der Waals surface area contributed by atoms with Crippen LogP contribution >= 0.6 is 37.2 Å². The number of nitrogens with one attached hydrogen (secondary N) is 2. The summed E-state index contributed by atoms with van der Waals surface area (Å²) in [6.07, 6.45) is 19.7. The van der Waals surface area contributed by atoms with Gasteiger partial charge in [-0.1, -0.05) is 40.5 Å². The highest BCUT2D eigenvalue weighted by atomic mass is 35.5. The van der Waals surface area contributed by atoms with Crippen LogP contribution in [-0.2, 0) is 4.74 Å². The van der Waals surface area contributed by atoms with Gasteiger partial charge in [-0.05, 0) is 136 Å². The van der Waals surface area contributed by atoms with Crippen LogP contribution in [0.3, 0.4) is 0 Å². The van der Waals surface area contributed by atoms with Crippen LogP contribution in [0.2, 0.25) is 0 Å². The van der Waals surface area contributed by atoms with Gasteiger partial charge in [-0.2, -0.15) is 0 Å². The lowest BCUT2D eigenvalue weighted by Gasteiger charge is -2.61. The van der Waals surface area contributed by atoms with E-state index in [1.165, 1.54) is 96.4 Å². The third-order valence-electron chi connectivity index (χ3n) is 13.7. The van der Waals surface area contributed by atoms with E-state index in [0.717, 1.165) is 54.6 Å². The van der Waals surface area contributed by atoms with Gasteiger partial charge in [0.05, 0.1) is 6.10 Å². The molecular weight excluding hydrogens is 561 g/mol. The molecule has 2 heterocycles. The molecule has 7 heteroatoms. The maximum atomic E-state index is 7.10. The minimum Gasteiger partial charge on any atom is -0.357 e. The molecule has 1 spiro atoms. The van der Waals surface area contributed by atoms with Crippen molar-refractivity contribution >= 4 is 37.2 Å². The number of unbranched alkanes of at least 4 members (excludes halogenated alkanes) is 3. The van der Waals surface area contributed by atoms with Crippen molar-refractivity contribution in [2.45, 2.75) is 135 Å². The van der Waals surface area contributed by atoms with E-state index in [9.17, 15) is 0 Å². The summed E-state index contributed by atoms with van der Waals surface area (Å²) in [4.78, 5) is 0. The number of nitrogens with two attached hydrogens (primary N) is 1. The average molecular weight is 623 g/mol. The fourth-order valence-electron chi connectivity index (χ4n) is 11.6. The van der Waals surface area contributed by atoms with Gasteiger partial charge in [-0.15, -0.1) is 37.2 Å². The van der Waals surface area contributed by atoms with Crippen molar-refractivity contribution in [1.29, 1.82) is 0 Å². The lowest BCUT2D eigenvalue weighted by atomic mass is 9.44. The minimum atomic E-state index is -0.0217. The molecule has 2 saturated heterocycles. The molecule has 6 aliphatic rings. The van der Waals surface area contributed by atoms with E-state index in [1.54, 1.807) is 0 Å². The smallest absolute Gasteiger partial charge is 0.122 e. The fraction of sp³-hybridized carbons (Fsp3) is 1.00. The Labute approximate surface area is 264 Å². The van der Waals surface area contributed by atoms with Crippen LogP contribution in [0.1, 0.15) is 118 Å². The second-order valence-electron chi connectivity index (χ2n) is 15.5. The molecule has 4 saturated carbocycles. The van der Waals surface area contributed by atoms with Crippen molar-refractivity contribution in [2.75, 3.05) is 19.6 Å². The molecule has 4 aliphatic carbocycles. The highest BCUT2D eigenvalue weighted by Gasteiger charge is 2.68. The van der Waals surface area contributed by atoms with Gasteiger partial charge in [-0.25, -0.2) is 0 Å². The molecule has 0 bridgehead atoms. The Bertz CT molecular complexity index is 810. The molecule has 0 aromatic heterocycles. The first-order valence-electron chi connectivity index (χ1n) is 16.7. The third kappa shape index (κ3) is 5.89. The van der Waals surface area contributed by atoms with Crippen molar-refractivity contribution in [3.05, 3.63) is 0 Å². The molecular formula is C33H62Cl3N3O. The van der Waals surface area contributed by atoms with Gasteiger partial charge in [0.15, 0.2) is 0 Å². The number of piperidine rings is 1. The monoisotopic (exact) mass is 621 g/mol. The number of hydrogen-bond acceptors (Lipinski definition) is 4. The Kier molecular flexibility index (Phi) is 12.1. The molecule has 40 heavy (non-hydrogen) atoms. The largest absolute Gasteiger partial charge is 0.357 e. The molecule has 0 radical (unpaired) electrons. The van der Waals surface area contributed by atoms with Crippen LogP contribution in [0.15, 0.2) is 0 Å². The molecule has 0 aromatic rings. The van der Waals surface area contributed by atoms with Crippen LogP contribution < -0.4 is 16.4 Å². The zero-order valence-electron chi connectivity index (χ0n) is 25.9. The summed E-state index contributed by atoms with van der Waals surface area (Å²) >= 11 is 0. The summed E-state index contributed by atoms with van der Waals surface area (Å²) < 4.78 is 7.10. The Morgan fingerprint density at radius 3 is 2.30 bits per heavy atom. The molecule has 236 valence electrons. The maximum Gasteiger partial charge on any atom is 0.122 e. The third-order valence-corrected chi connectivity index (χ3v) is 13.7. The number of halogens is 3. The van der Waals surface area contributed by atoms with Gasteiger partial charge in [-0.3, -0.25) is 5.32 Å². The van der Waals surface area contributed by atoms with E-state index in [2.05, 4.69) is 38.3 Å². The molecule has 6 rings (SSSR count). The van der Waals surface area contributed by atoms with Crippen LogP contribution in [0, 0.1) is 52.3 Å². The van der Waals surface area contributed by atoms with Gasteiger partial charge < -0.3 is 15.8 Å². The highest BCUT2D eigenvalue weighted by Crippen LogP contribution is 2.71. The molecule has 4 nitrogen and oxygen atoms in total. The van der Waals surface area contributed by atoms with Gasteiger partial charge >= 0.3 is 0 Å². The van der Waals surface area contributed by atoms with E-state index in [-0.39, 0.29) is 42.9 Å². The fourth-order valence-corrected chi connectivity index (χ4v) is 11.6. The van der Waals surface area contributed by atoms with Crippen LogP contribution in [-0.4, -0.2) is 37.5 Å². The number of ether oxygens (including phenoxy) is 1. The van der Waals surface area contributed by atoms with E-state index < -0.39 is 0 Å². The Morgan fingerprint density at radius 2 is 1.57 bits per heavy atom. The first kappa shape index (κ1) is 35.2. The second-order valence-corrected chi connectivity index (χ2v) is 15.5. The second kappa shape index (κ2) is 13.8. The average Bonchev–Trinajstić information content (AvgIpc) is 3.33. The molecule has 6 fully saturated rings. The van der Waals surface area contributed by atoms with Crippen molar-refractivity contribution in [1.82, 2.24) is 10.6 Å². The summed E-state index contributed by atoms with van der Waals surface area (Å²) in [6.45, 7) is 13.6. The number of fused-ring (bicyclic) bond motifs is 7. The molecule has 2 aliphatic heterocycles. The van der Waals surface area contributed by atoms with Crippen molar-refractivity contribution in [3.63, 3.8) is 0 Å². The predicted molar refractivity (Wildman–Crippen MR) is 175 cm³/mol. The first-order valence-corrected chi connectivity index (χ1v) is 16.7. The van der Waals surface area contributed by atoms with Crippen molar-refractivity contribution < 1.29 is 4.74 Å². The van der Waals surface area contributed by atoms with Gasteiger partial charge in [0.2, 0.25) is 0 Å². The summed E-state index contributed by atoms with van der Waals surface area (Å²) in [7, 11) is 0. The lowest BCUT2D eigenvalue weighted by Crippen LogP contribution is -2.58. The summed E-state index contributed by atoms with van der Waals surface area (Å²) in [5, 5.41) is 7.91. The normalized spacial score (nSPS) is 49.0. The topological polar surface area (TPSA) is 59.3 Å². The number of rotatable bonds is 7. The molecule has 0 aromatic carbocycles. The first-order chi connectivity index (χ1) is 17.8. The summed E-state index contributed by atoms with van der Waals surface area (Å²) in [5.74, 6) is 5.94. The Balaban J connectivity index is 0.00000147. The van der Waals surface area contributed by atoms with Crippen molar-refractivity contribution in [2.24, 2.45) is 58.0 Å². The Morgan fingerprint density at radius 1 is 0.825 bits per heavy atom. The summed E-state index contributed by atoms with van der Waals surface area (Å²) in [5.41, 5.74) is 6.71. The maximum absolute atomic E-state index is 7.10. The van der Waals surface area contributed by atoms with E-state index in [4.69, 9.17) is 10.5 Å². The molecule has 4 N–H and O–H groups in total. The van der Waals surface area contributed by atoms with Crippen LogP contribution in [0.5, 0.6) is 0 Å². The molecule has 0 amide bonds. The SMILES string of the molecule is C[C@H]1CC[C@]2(NC1)O[C@H]1C[C@H]3[C@@H]4CC[C@H]5CC(NCCCCCCN)CC[C@]5(C)[C@H]4CC[C@]3(C)[C@H]1[C@@H]2C.Cl.Cl.Cl. The zero-order chi connectivity index (χ0) is 25.8. The standard InChI is InChI=1S/C33H59N3O.3ClH/c1-22-11-16-33(36-21-22)23(2)30-29(37-33)20-28-26-10-9-24-19-25(35-18-8-6-5-7-17-34)12-14-31(24,3)27(26)13-15-32(28,30)4;;;/h22-30,35-36H,5-21,34H2,1-4H3;3*1H/t22-,23-,24-,25?,26+,27-,28-,29-,30-,31-,32-,33-;;;/m0.../s1. The lowest BCUT2D eigenvalue weighted by molar-refractivity contribution is -0.134. The van der Waals surface area contributed by atoms with Gasteiger partial charge in [0.25, 0.3) is 0 Å². The predicted octanol–water partition coefficient (Wildman–Crippen LogP) is 7.75. The van der Waals surface area contributed by atoms with Crippen LogP contribution in [0.25, 0.3) is 0 Å². The highest BCUT2D eigenvalue weighted by molar-refractivity contribution is 5.86. The number of hydrogen-bond donors (Lipinski definition) is 3.